The number of benzene rings is 2. The molecule has 34 heavy (non-hydrogen) atoms. The quantitative estimate of drug-likeness (QED) is 0.282. The molecule has 1 aliphatic rings. The topological polar surface area (TPSA) is 33.1 Å². The van der Waals surface area contributed by atoms with Crippen molar-refractivity contribution in [3.8, 4) is 5.69 Å². The Morgan fingerprint density at radius 2 is 1.68 bits per heavy atom. The first-order valence-electron chi connectivity index (χ1n) is 11.5. The number of rotatable bonds is 5. The summed E-state index contributed by atoms with van der Waals surface area (Å²) in [5.74, 6) is 0. The summed E-state index contributed by atoms with van der Waals surface area (Å²) in [6.45, 7) is 6.53. The zero-order valence-corrected chi connectivity index (χ0v) is 21.9. The van der Waals surface area contributed by atoms with Crippen molar-refractivity contribution in [1.29, 1.82) is 0 Å². The van der Waals surface area contributed by atoms with Crippen LogP contribution in [-0.2, 0) is 6.42 Å². The molecule has 2 aromatic carbocycles. The maximum absolute atomic E-state index is 5.90. The predicted molar refractivity (Wildman–Crippen MR) is 147 cm³/mol. The molecule has 0 bridgehead atoms. The van der Waals surface area contributed by atoms with Crippen LogP contribution in [0.3, 0.4) is 0 Å². The summed E-state index contributed by atoms with van der Waals surface area (Å²) in [5.41, 5.74) is 8.16. The van der Waals surface area contributed by atoms with Gasteiger partial charge in [0.25, 0.3) is 0 Å². The largest absolute Gasteiger partial charge is 0.351 e. The molecule has 2 atom stereocenters. The molecule has 1 saturated heterocycles. The molecule has 0 unspecified atom stereocenters. The Kier molecular flexibility index (Phi) is 6.28. The van der Waals surface area contributed by atoms with Crippen LogP contribution < -0.4 is 10.2 Å². The zero-order valence-electron chi connectivity index (χ0n) is 19.5. The number of hydrogen-bond donors (Lipinski definition) is 1. The van der Waals surface area contributed by atoms with E-state index in [-0.39, 0.29) is 12.1 Å². The summed E-state index contributed by atoms with van der Waals surface area (Å²) < 4.78 is 3.39. The second-order valence-electron chi connectivity index (χ2n) is 8.65. The number of pyridine rings is 1. The standard InChI is InChI=1S/C28H27BrN4S/c1-4-20-8-12-23(13-9-20)33-27(26(31-28(33)34)25-7-5-6-16-30-25)24-17-18(2)32(19(24)3)22-14-10-21(29)11-15-22/h5-17,26-27H,4H2,1-3H3,(H,31,34)/t26-,27-/m0/s1. The van der Waals surface area contributed by atoms with Gasteiger partial charge in [-0.2, -0.15) is 0 Å². The number of halogens is 1. The van der Waals surface area contributed by atoms with E-state index in [0.29, 0.717) is 0 Å². The molecular formula is C28H27BrN4S. The second-order valence-corrected chi connectivity index (χ2v) is 9.96. The maximum Gasteiger partial charge on any atom is 0.174 e. The van der Waals surface area contributed by atoms with E-state index in [1.165, 1.54) is 22.5 Å². The van der Waals surface area contributed by atoms with Crippen LogP contribution >= 0.6 is 28.1 Å². The number of aromatic nitrogens is 2. The van der Waals surface area contributed by atoms with E-state index < -0.39 is 0 Å². The smallest absolute Gasteiger partial charge is 0.174 e. The normalized spacial score (nSPS) is 17.8. The molecule has 1 aliphatic heterocycles. The lowest BCUT2D eigenvalue weighted by molar-refractivity contribution is 0.565. The van der Waals surface area contributed by atoms with Gasteiger partial charge in [0.2, 0.25) is 0 Å². The lowest BCUT2D eigenvalue weighted by atomic mass is 9.96. The predicted octanol–water partition coefficient (Wildman–Crippen LogP) is 6.99. The minimum absolute atomic E-state index is 0.0229. The molecule has 0 amide bonds. The Morgan fingerprint density at radius 3 is 2.32 bits per heavy atom. The molecule has 172 valence electrons. The number of hydrogen-bond acceptors (Lipinski definition) is 2. The van der Waals surface area contributed by atoms with E-state index in [1.54, 1.807) is 0 Å². The van der Waals surface area contributed by atoms with E-state index in [0.717, 1.165) is 33.1 Å². The minimum atomic E-state index is -0.0570. The molecule has 4 aromatic rings. The van der Waals surface area contributed by atoms with Crippen molar-refractivity contribution in [2.75, 3.05) is 4.90 Å². The van der Waals surface area contributed by atoms with Crippen molar-refractivity contribution in [2.24, 2.45) is 0 Å². The third kappa shape index (κ3) is 4.05. The van der Waals surface area contributed by atoms with E-state index in [9.17, 15) is 0 Å². The fourth-order valence-corrected chi connectivity index (χ4v) is 5.53. The van der Waals surface area contributed by atoms with Gasteiger partial charge in [0.1, 0.15) is 0 Å². The first kappa shape index (κ1) is 22.8. The van der Waals surface area contributed by atoms with Crippen LogP contribution in [0.2, 0.25) is 0 Å². The molecule has 4 nitrogen and oxygen atoms in total. The fraction of sp³-hybridized carbons (Fsp3) is 0.214. The Balaban J connectivity index is 1.66. The van der Waals surface area contributed by atoms with Crippen LogP contribution in [0.4, 0.5) is 5.69 Å². The van der Waals surface area contributed by atoms with Crippen LogP contribution in [0.5, 0.6) is 0 Å². The average molecular weight is 532 g/mol. The molecule has 6 heteroatoms. The van der Waals surface area contributed by atoms with Gasteiger partial charge in [-0.1, -0.05) is 41.1 Å². The van der Waals surface area contributed by atoms with Crippen LogP contribution in [0.25, 0.3) is 5.69 Å². The van der Waals surface area contributed by atoms with E-state index in [2.05, 4.69) is 112 Å². The van der Waals surface area contributed by atoms with Crippen LogP contribution in [0.15, 0.2) is 83.5 Å². The summed E-state index contributed by atoms with van der Waals surface area (Å²) in [4.78, 5) is 6.94. The number of thiocarbonyl (C=S) groups is 1. The zero-order chi connectivity index (χ0) is 23.8. The summed E-state index contributed by atoms with van der Waals surface area (Å²) in [5, 5.41) is 4.30. The number of anilines is 1. The lowest BCUT2D eigenvalue weighted by Gasteiger charge is -2.28. The third-order valence-corrected chi connectivity index (χ3v) is 7.44. The molecule has 0 saturated carbocycles. The lowest BCUT2D eigenvalue weighted by Crippen LogP contribution is -2.29. The third-order valence-electron chi connectivity index (χ3n) is 6.59. The van der Waals surface area contributed by atoms with Crippen molar-refractivity contribution < 1.29 is 0 Å². The van der Waals surface area contributed by atoms with Crippen molar-refractivity contribution >= 4 is 38.9 Å². The van der Waals surface area contributed by atoms with Gasteiger partial charge < -0.3 is 14.8 Å². The molecule has 0 aliphatic carbocycles. The van der Waals surface area contributed by atoms with Gasteiger partial charge >= 0.3 is 0 Å². The molecule has 0 radical (unpaired) electrons. The number of nitrogens with one attached hydrogen (secondary N) is 1. The maximum atomic E-state index is 5.90. The van der Waals surface area contributed by atoms with E-state index >= 15 is 0 Å². The highest BCUT2D eigenvalue weighted by Crippen LogP contribution is 2.43. The van der Waals surface area contributed by atoms with Crippen molar-refractivity contribution in [2.45, 2.75) is 39.3 Å². The number of aryl methyl sites for hydroxylation is 2. The molecule has 1 fully saturated rings. The van der Waals surface area contributed by atoms with Crippen LogP contribution in [0, 0.1) is 13.8 Å². The van der Waals surface area contributed by atoms with Gasteiger partial charge in [-0.05, 0) is 98.2 Å². The molecule has 0 spiro atoms. The van der Waals surface area contributed by atoms with Gasteiger partial charge in [-0.3, -0.25) is 4.98 Å². The average Bonchev–Trinajstić information content (AvgIpc) is 3.35. The van der Waals surface area contributed by atoms with Crippen molar-refractivity contribution in [1.82, 2.24) is 14.9 Å². The van der Waals surface area contributed by atoms with Crippen LogP contribution in [0.1, 0.15) is 47.2 Å². The van der Waals surface area contributed by atoms with Gasteiger partial charge in [0.05, 0.1) is 17.8 Å². The van der Waals surface area contributed by atoms with E-state index in [1.807, 2.05) is 18.3 Å². The second kappa shape index (κ2) is 9.35. The van der Waals surface area contributed by atoms with Gasteiger partial charge in [0.15, 0.2) is 5.11 Å². The molecule has 1 N–H and O–H groups in total. The molecule has 3 heterocycles. The van der Waals surface area contributed by atoms with Gasteiger partial charge in [0, 0.05) is 33.4 Å². The Labute approximate surface area is 214 Å². The Hall–Kier alpha value is -2.96. The Bertz CT molecular complexity index is 1310. The first-order chi connectivity index (χ1) is 16.5. The van der Waals surface area contributed by atoms with E-state index in [4.69, 9.17) is 17.2 Å². The monoisotopic (exact) mass is 530 g/mol. The van der Waals surface area contributed by atoms with Crippen molar-refractivity contribution in [3.05, 3.63) is 112 Å². The summed E-state index contributed by atoms with van der Waals surface area (Å²) in [6, 6.07) is 25.4. The highest BCUT2D eigenvalue weighted by atomic mass is 79.9. The molecule has 5 rings (SSSR count). The highest BCUT2D eigenvalue weighted by molar-refractivity contribution is 9.10. The highest BCUT2D eigenvalue weighted by Gasteiger charge is 2.42. The fourth-order valence-electron chi connectivity index (χ4n) is 4.92. The summed E-state index contributed by atoms with van der Waals surface area (Å²) in [6.07, 6.45) is 2.86. The SMILES string of the molecule is CCc1ccc(N2C(=S)N[C@@H](c3ccccn3)[C@@H]2c2cc(C)n(-c3ccc(Br)cc3)c2C)cc1. The van der Waals surface area contributed by atoms with Crippen molar-refractivity contribution in [3.63, 3.8) is 0 Å². The number of nitrogens with zero attached hydrogens (tertiary/aromatic N) is 3. The van der Waals surface area contributed by atoms with Crippen LogP contribution in [-0.4, -0.2) is 14.7 Å². The summed E-state index contributed by atoms with van der Waals surface area (Å²) >= 11 is 9.46. The first-order valence-corrected chi connectivity index (χ1v) is 12.7. The Morgan fingerprint density at radius 1 is 0.971 bits per heavy atom. The summed E-state index contributed by atoms with van der Waals surface area (Å²) in [7, 11) is 0. The minimum Gasteiger partial charge on any atom is -0.351 e. The molecular weight excluding hydrogens is 504 g/mol. The molecule has 2 aromatic heterocycles. The van der Waals surface area contributed by atoms with Gasteiger partial charge in [-0.25, -0.2) is 0 Å². The van der Waals surface area contributed by atoms with Gasteiger partial charge in [-0.15, -0.1) is 0 Å².